The molecule has 0 aliphatic rings. The van der Waals surface area contributed by atoms with Gasteiger partial charge in [0.25, 0.3) is 0 Å². The Hall–Kier alpha value is -2.86. The Morgan fingerprint density at radius 3 is 2.37 bits per heavy atom. The Balaban J connectivity index is 1.95. The summed E-state index contributed by atoms with van der Waals surface area (Å²) in [5, 5.41) is 6.14. The molecule has 6 nitrogen and oxygen atoms in total. The highest BCUT2D eigenvalue weighted by Gasteiger charge is 2.16. The van der Waals surface area contributed by atoms with Crippen molar-refractivity contribution in [2.24, 2.45) is 0 Å². The number of benzene rings is 2. The van der Waals surface area contributed by atoms with E-state index in [1.807, 2.05) is 12.1 Å². The summed E-state index contributed by atoms with van der Waals surface area (Å²) < 4.78 is 0. The molecule has 0 bridgehead atoms. The number of amides is 3. The Morgan fingerprint density at radius 1 is 1.04 bits per heavy atom. The van der Waals surface area contributed by atoms with Crippen molar-refractivity contribution in [3.63, 3.8) is 0 Å². The van der Waals surface area contributed by atoms with Crippen LogP contribution in [0.5, 0.6) is 0 Å². The van der Waals surface area contributed by atoms with Crippen LogP contribution < -0.4 is 15.5 Å². The summed E-state index contributed by atoms with van der Waals surface area (Å²) in [6, 6.07) is 14.2. The van der Waals surface area contributed by atoms with E-state index >= 15 is 0 Å². The average molecular weight is 388 g/mol. The molecule has 0 saturated heterocycles. The monoisotopic (exact) mass is 387 g/mol. The van der Waals surface area contributed by atoms with Gasteiger partial charge in [0, 0.05) is 36.8 Å². The molecule has 3 amide bonds. The fourth-order valence-corrected chi connectivity index (χ4v) is 2.66. The molecule has 0 aliphatic carbocycles. The lowest BCUT2D eigenvalue weighted by molar-refractivity contribution is -0.123. The maximum absolute atomic E-state index is 12.2. The van der Waals surface area contributed by atoms with Gasteiger partial charge in [0.1, 0.15) is 6.54 Å². The van der Waals surface area contributed by atoms with Crippen molar-refractivity contribution in [3.8, 4) is 0 Å². The van der Waals surface area contributed by atoms with Crippen LogP contribution in [0, 0.1) is 0 Å². The van der Waals surface area contributed by atoms with E-state index in [1.165, 1.54) is 18.7 Å². The number of carbonyl (C=O) groups is 3. The number of nitrogens with one attached hydrogen (secondary N) is 2. The number of halogens is 1. The van der Waals surface area contributed by atoms with Crippen molar-refractivity contribution in [2.75, 3.05) is 23.3 Å². The van der Waals surface area contributed by atoms with Gasteiger partial charge in [0.2, 0.25) is 17.7 Å². The largest absolute Gasteiger partial charge is 0.354 e. The van der Waals surface area contributed by atoms with Crippen LogP contribution in [0.2, 0.25) is 5.02 Å². The molecule has 7 heteroatoms. The molecule has 0 aliphatic heterocycles. The minimum absolute atomic E-state index is 0.0977. The fourth-order valence-electron chi connectivity index (χ4n) is 2.54. The van der Waals surface area contributed by atoms with Crippen LogP contribution in [-0.4, -0.2) is 30.8 Å². The van der Waals surface area contributed by atoms with Crippen LogP contribution in [0.3, 0.4) is 0 Å². The SMILES string of the molecule is CC(=O)Nc1cccc(N(CC(=O)NCCc2ccc(Cl)cc2)C(C)=O)c1. The van der Waals surface area contributed by atoms with Gasteiger partial charge in [-0.25, -0.2) is 0 Å². The van der Waals surface area contributed by atoms with E-state index in [4.69, 9.17) is 11.6 Å². The van der Waals surface area contributed by atoms with E-state index in [9.17, 15) is 14.4 Å². The van der Waals surface area contributed by atoms with E-state index in [-0.39, 0.29) is 24.3 Å². The molecular formula is C20H22ClN3O3. The zero-order valence-corrected chi connectivity index (χ0v) is 16.0. The fraction of sp³-hybridized carbons (Fsp3) is 0.250. The molecule has 0 saturated carbocycles. The third-order valence-electron chi connectivity index (χ3n) is 3.81. The molecule has 0 spiro atoms. The predicted octanol–water partition coefficient (Wildman–Crippen LogP) is 3.01. The molecule has 2 N–H and O–H groups in total. The number of rotatable bonds is 7. The van der Waals surface area contributed by atoms with Crippen LogP contribution in [0.15, 0.2) is 48.5 Å². The van der Waals surface area contributed by atoms with Gasteiger partial charge in [-0.15, -0.1) is 0 Å². The van der Waals surface area contributed by atoms with Gasteiger partial charge < -0.3 is 15.5 Å². The lowest BCUT2D eigenvalue weighted by Crippen LogP contribution is -2.40. The lowest BCUT2D eigenvalue weighted by Gasteiger charge is -2.21. The van der Waals surface area contributed by atoms with Crippen molar-refractivity contribution in [3.05, 3.63) is 59.1 Å². The number of anilines is 2. The summed E-state index contributed by atoms with van der Waals surface area (Å²) in [4.78, 5) is 36.8. The third kappa shape index (κ3) is 6.75. The minimum Gasteiger partial charge on any atom is -0.354 e. The second kappa shape index (κ2) is 9.73. The smallest absolute Gasteiger partial charge is 0.240 e. The first kappa shape index (κ1) is 20.5. The van der Waals surface area contributed by atoms with Crippen LogP contribution in [0.1, 0.15) is 19.4 Å². The standard InChI is InChI=1S/C20H22ClN3O3/c1-14(25)23-18-4-3-5-19(12-18)24(15(2)26)13-20(27)22-11-10-16-6-8-17(21)9-7-16/h3-9,12H,10-11,13H2,1-2H3,(H,22,27)(H,23,25). The van der Waals surface area contributed by atoms with Crippen LogP contribution in [0.4, 0.5) is 11.4 Å². The lowest BCUT2D eigenvalue weighted by atomic mass is 10.1. The molecule has 0 unspecified atom stereocenters. The Morgan fingerprint density at radius 2 is 1.74 bits per heavy atom. The van der Waals surface area contributed by atoms with Gasteiger partial charge in [0.15, 0.2) is 0 Å². The number of nitrogens with zero attached hydrogens (tertiary/aromatic N) is 1. The molecule has 0 heterocycles. The molecule has 142 valence electrons. The molecule has 0 fully saturated rings. The zero-order chi connectivity index (χ0) is 19.8. The van der Waals surface area contributed by atoms with Gasteiger partial charge >= 0.3 is 0 Å². The summed E-state index contributed by atoms with van der Waals surface area (Å²) >= 11 is 5.85. The molecule has 2 aromatic rings. The van der Waals surface area contributed by atoms with Gasteiger partial charge in [-0.2, -0.15) is 0 Å². The van der Waals surface area contributed by atoms with Crippen LogP contribution in [-0.2, 0) is 20.8 Å². The first-order chi connectivity index (χ1) is 12.8. The molecule has 2 rings (SSSR count). The van der Waals surface area contributed by atoms with E-state index < -0.39 is 0 Å². The second-order valence-electron chi connectivity index (χ2n) is 6.06. The van der Waals surface area contributed by atoms with E-state index in [0.717, 1.165) is 5.56 Å². The number of hydrogen-bond acceptors (Lipinski definition) is 3. The molecule has 27 heavy (non-hydrogen) atoms. The Kier molecular flexibility index (Phi) is 7.37. The van der Waals surface area contributed by atoms with Crippen LogP contribution >= 0.6 is 11.6 Å². The molecule has 0 aromatic heterocycles. The van der Waals surface area contributed by atoms with Crippen molar-refractivity contribution >= 4 is 40.7 Å². The van der Waals surface area contributed by atoms with E-state index in [2.05, 4.69) is 10.6 Å². The van der Waals surface area contributed by atoms with Crippen LogP contribution in [0.25, 0.3) is 0 Å². The Labute approximate surface area is 163 Å². The first-order valence-electron chi connectivity index (χ1n) is 8.52. The summed E-state index contributed by atoms with van der Waals surface area (Å²) in [7, 11) is 0. The molecule has 0 radical (unpaired) electrons. The predicted molar refractivity (Wildman–Crippen MR) is 107 cm³/mol. The molecule has 0 atom stereocenters. The highest BCUT2D eigenvalue weighted by molar-refractivity contribution is 6.30. The second-order valence-corrected chi connectivity index (χ2v) is 6.50. The minimum atomic E-state index is -0.261. The van der Waals surface area contributed by atoms with Crippen molar-refractivity contribution in [1.29, 1.82) is 0 Å². The van der Waals surface area contributed by atoms with Crippen molar-refractivity contribution < 1.29 is 14.4 Å². The molecular weight excluding hydrogens is 366 g/mol. The summed E-state index contributed by atoms with van der Waals surface area (Å²) in [6.45, 7) is 3.16. The maximum Gasteiger partial charge on any atom is 0.240 e. The summed E-state index contributed by atoms with van der Waals surface area (Å²) in [6.07, 6.45) is 0.668. The molecule has 2 aromatic carbocycles. The van der Waals surface area contributed by atoms with Crippen molar-refractivity contribution in [2.45, 2.75) is 20.3 Å². The van der Waals surface area contributed by atoms with E-state index in [1.54, 1.807) is 36.4 Å². The average Bonchev–Trinajstić information content (AvgIpc) is 2.61. The first-order valence-corrected chi connectivity index (χ1v) is 8.90. The highest BCUT2D eigenvalue weighted by atomic mass is 35.5. The summed E-state index contributed by atoms with van der Waals surface area (Å²) in [5.41, 5.74) is 2.17. The number of hydrogen-bond donors (Lipinski definition) is 2. The Bertz CT molecular complexity index is 821. The third-order valence-corrected chi connectivity index (χ3v) is 4.06. The maximum atomic E-state index is 12.2. The quantitative estimate of drug-likeness (QED) is 0.766. The zero-order valence-electron chi connectivity index (χ0n) is 15.3. The van der Waals surface area contributed by atoms with Gasteiger partial charge in [-0.05, 0) is 42.3 Å². The van der Waals surface area contributed by atoms with Gasteiger partial charge in [-0.1, -0.05) is 29.8 Å². The van der Waals surface area contributed by atoms with E-state index in [0.29, 0.717) is 29.4 Å². The van der Waals surface area contributed by atoms with Gasteiger partial charge in [-0.3, -0.25) is 14.4 Å². The van der Waals surface area contributed by atoms with Gasteiger partial charge in [0.05, 0.1) is 0 Å². The van der Waals surface area contributed by atoms with Crippen molar-refractivity contribution in [1.82, 2.24) is 5.32 Å². The summed E-state index contributed by atoms with van der Waals surface area (Å²) in [5.74, 6) is -0.728. The highest BCUT2D eigenvalue weighted by Crippen LogP contribution is 2.19. The topological polar surface area (TPSA) is 78.5 Å². The number of carbonyl (C=O) groups excluding carboxylic acids is 3. The normalized spacial score (nSPS) is 10.2.